The van der Waals surface area contributed by atoms with Crippen LogP contribution in [-0.2, 0) is 16.6 Å². The zero-order valence-electron chi connectivity index (χ0n) is 11.6. The first-order valence-electron chi connectivity index (χ1n) is 6.71. The lowest BCUT2D eigenvalue weighted by molar-refractivity contribution is -0.0588. The minimum atomic E-state index is 0.159. The Morgan fingerprint density at radius 2 is 2.11 bits per heavy atom. The molecule has 1 aliphatic heterocycles. The van der Waals surface area contributed by atoms with Gasteiger partial charge in [0.25, 0.3) is 0 Å². The second-order valence-electron chi connectivity index (χ2n) is 4.93. The zero-order valence-corrected chi connectivity index (χ0v) is 11.6. The molecule has 2 rings (SSSR count). The van der Waals surface area contributed by atoms with Crippen LogP contribution >= 0.6 is 0 Å². The van der Waals surface area contributed by atoms with E-state index in [0.29, 0.717) is 0 Å². The van der Waals surface area contributed by atoms with E-state index in [-0.39, 0.29) is 5.41 Å². The normalized spacial score (nSPS) is 17.3. The number of likely N-dealkylation sites (N-methyl/N-ethyl adjacent to an activating group) is 1. The van der Waals surface area contributed by atoms with Crippen molar-refractivity contribution in [2.45, 2.75) is 25.7 Å². The van der Waals surface area contributed by atoms with Crippen LogP contribution < -0.4 is 10.1 Å². The van der Waals surface area contributed by atoms with E-state index in [4.69, 9.17) is 9.47 Å². The van der Waals surface area contributed by atoms with Crippen LogP contribution in [0.3, 0.4) is 0 Å². The summed E-state index contributed by atoms with van der Waals surface area (Å²) in [6.07, 6.45) is 0.995. The average Bonchev–Trinajstić information content (AvgIpc) is 2.37. The van der Waals surface area contributed by atoms with Crippen molar-refractivity contribution < 1.29 is 9.47 Å². The molecule has 0 bridgehead atoms. The fraction of sp³-hybridized carbons (Fsp3) is 0.600. The van der Waals surface area contributed by atoms with Gasteiger partial charge in [-0.25, -0.2) is 0 Å². The molecule has 1 aliphatic rings. The van der Waals surface area contributed by atoms with E-state index in [1.54, 1.807) is 7.11 Å². The summed E-state index contributed by atoms with van der Waals surface area (Å²) in [5.74, 6) is 0.986. The molecule has 18 heavy (non-hydrogen) atoms. The molecule has 1 aromatic carbocycles. The van der Waals surface area contributed by atoms with Gasteiger partial charge in [0.1, 0.15) is 5.75 Å². The second-order valence-corrected chi connectivity index (χ2v) is 4.93. The summed E-state index contributed by atoms with van der Waals surface area (Å²) in [5, 5.41) is 3.44. The van der Waals surface area contributed by atoms with Crippen molar-refractivity contribution in [1.82, 2.24) is 5.32 Å². The van der Waals surface area contributed by atoms with E-state index in [2.05, 4.69) is 37.4 Å². The third kappa shape index (κ3) is 2.38. The highest BCUT2D eigenvalue weighted by Crippen LogP contribution is 2.34. The van der Waals surface area contributed by atoms with Gasteiger partial charge in [-0.1, -0.05) is 26.0 Å². The summed E-state index contributed by atoms with van der Waals surface area (Å²) in [4.78, 5) is 0. The van der Waals surface area contributed by atoms with Gasteiger partial charge >= 0.3 is 0 Å². The van der Waals surface area contributed by atoms with Crippen molar-refractivity contribution in [3.8, 4) is 5.75 Å². The van der Waals surface area contributed by atoms with Crippen LogP contribution in [0.5, 0.6) is 5.75 Å². The number of nitrogens with one attached hydrogen (secondary N) is 1. The number of hydrogen-bond acceptors (Lipinski definition) is 3. The molecule has 1 fully saturated rings. The number of methoxy groups -OCH3 is 1. The maximum atomic E-state index is 5.45. The van der Waals surface area contributed by atoms with E-state index < -0.39 is 0 Å². The summed E-state index contributed by atoms with van der Waals surface area (Å²) in [6.45, 7) is 7.91. The summed E-state index contributed by atoms with van der Waals surface area (Å²) in [7, 11) is 1.73. The third-order valence-electron chi connectivity index (χ3n) is 3.74. The molecule has 0 aliphatic carbocycles. The van der Waals surface area contributed by atoms with Crippen LogP contribution in [0.2, 0.25) is 0 Å². The highest BCUT2D eigenvalue weighted by molar-refractivity contribution is 5.41. The van der Waals surface area contributed by atoms with Crippen molar-refractivity contribution in [3.63, 3.8) is 0 Å². The minimum absolute atomic E-state index is 0.159. The molecule has 0 atom stereocenters. The predicted octanol–water partition coefficient (Wildman–Crippen LogP) is 2.14. The Hall–Kier alpha value is -1.06. The largest absolute Gasteiger partial charge is 0.496 e. The van der Waals surface area contributed by atoms with Gasteiger partial charge in [0.05, 0.1) is 25.7 Å². The molecule has 1 aromatic rings. The fourth-order valence-electron chi connectivity index (χ4n) is 2.47. The maximum Gasteiger partial charge on any atom is 0.122 e. The Bertz CT molecular complexity index is 399. The van der Waals surface area contributed by atoms with Crippen LogP contribution in [0.4, 0.5) is 0 Å². The first-order valence-corrected chi connectivity index (χ1v) is 6.71. The quantitative estimate of drug-likeness (QED) is 0.838. The van der Waals surface area contributed by atoms with Gasteiger partial charge in [0.2, 0.25) is 0 Å². The van der Waals surface area contributed by atoms with Crippen molar-refractivity contribution in [2.24, 2.45) is 0 Å². The van der Waals surface area contributed by atoms with Gasteiger partial charge in [-0.2, -0.15) is 0 Å². The Balaban J connectivity index is 2.25. The Morgan fingerprint density at radius 1 is 1.33 bits per heavy atom. The molecule has 3 heteroatoms. The van der Waals surface area contributed by atoms with Crippen molar-refractivity contribution >= 4 is 0 Å². The van der Waals surface area contributed by atoms with Gasteiger partial charge in [0, 0.05) is 6.54 Å². The molecule has 0 unspecified atom stereocenters. The van der Waals surface area contributed by atoms with Crippen LogP contribution in [0.25, 0.3) is 0 Å². The van der Waals surface area contributed by atoms with Gasteiger partial charge in [-0.15, -0.1) is 0 Å². The molecule has 0 saturated carbocycles. The Morgan fingerprint density at radius 3 is 2.61 bits per heavy atom. The summed E-state index contributed by atoms with van der Waals surface area (Å²) >= 11 is 0. The highest BCUT2D eigenvalue weighted by atomic mass is 16.5. The smallest absolute Gasteiger partial charge is 0.122 e. The second kappa shape index (κ2) is 5.72. The highest BCUT2D eigenvalue weighted by Gasteiger charge is 2.40. The molecule has 0 radical (unpaired) electrons. The van der Waals surface area contributed by atoms with E-state index in [9.17, 15) is 0 Å². The molecule has 3 nitrogen and oxygen atoms in total. The van der Waals surface area contributed by atoms with E-state index in [1.807, 2.05) is 0 Å². The first-order chi connectivity index (χ1) is 8.75. The van der Waals surface area contributed by atoms with Crippen molar-refractivity contribution in [1.29, 1.82) is 0 Å². The predicted molar refractivity (Wildman–Crippen MR) is 73.4 cm³/mol. The van der Waals surface area contributed by atoms with Crippen LogP contribution in [0, 0.1) is 0 Å². The number of aryl methyl sites for hydroxylation is 1. The summed E-state index contributed by atoms with van der Waals surface area (Å²) in [5.41, 5.74) is 2.80. The number of hydrogen-bond donors (Lipinski definition) is 1. The summed E-state index contributed by atoms with van der Waals surface area (Å²) in [6, 6.07) is 6.54. The standard InChI is InChI=1S/C15H23NO2/c1-4-12-8-13(6-7-14(12)17-3)15(9-16-5-2)10-18-11-15/h6-8,16H,4-5,9-11H2,1-3H3. The lowest BCUT2D eigenvalue weighted by Gasteiger charge is -2.42. The lowest BCUT2D eigenvalue weighted by atomic mass is 9.77. The number of ether oxygens (including phenoxy) is 2. The molecule has 0 aromatic heterocycles. The van der Waals surface area contributed by atoms with E-state index >= 15 is 0 Å². The van der Waals surface area contributed by atoms with Crippen LogP contribution in [-0.4, -0.2) is 33.4 Å². The molecule has 1 heterocycles. The van der Waals surface area contributed by atoms with Gasteiger partial charge in [-0.3, -0.25) is 0 Å². The van der Waals surface area contributed by atoms with Gasteiger partial charge in [0.15, 0.2) is 0 Å². The van der Waals surface area contributed by atoms with Gasteiger partial charge in [-0.05, 0) is 30.2 Å². The number of benzene rings is 1. The van der Waals surface area contributed by atoms with E-state index in [1.165, 1.54) is 11.1 Å². The molecule has 1 N–H and O–H groups in total. The molecule has 100 valence electrons. The van der Waals surface area contributed by atoms with Gasteiger partial charge < -0.3 is 14.8 Å². The molecule has 1 saturated heterocycles. The Kier molecular flexibility index (Phi) is 4.25. The average molecular weight is 249 g/mol. The summed E-state index contributed by atoms with van der Waals surface area (Å²) < 4.78 is 10.8. The Labute approximate surface area is 109 Å². The minimum Gasteiger partial charge on any atom is -0.496 e. The fourth-order valence-corrected chi connectivity index (χ4v) is 2.47. The SMILES string of the molecule is CCNCC1(c2ccc(OC)c(CC)c2)COC1. The van der Waals surface area contributed by atoms with Crippen LogP contribution in [0.15, 0.2) is 18.2 Å². The van der Waals surface area contributed by atoms with Crippen LogP contribution in [0.1, 0.15) is 25.0 Å². The topological polar surface area (TPSA) is 30.5 Å². The molecular formula is C15H23NO2. The first kappa shape index (κ1) is 13.4. The number of rotatable bonds is 6. The van der Waals surface area contributed by atoms with Crippen molar-refractivity contribution in [3.05, 3.63) is 29.3 Å². The maximum absolute atomic E-state index is 5.45. The van der Waals surface area contributed by atoms with E-state index in [0.717, 1.165) is 38.5 Å². The van der Waals surface area contributed by atoms with Crippen molar-refractivity contribution in [2.75, 3.05) is 33.4 Å². The lowest BCUT2D eigenvalue weighted by Crippen LogP contribution is -2.53. The molecule has 0 spiro atoms. The monoisotopic (exact) mass is 249 g/mol. The molecular weight excluding hydrogens is 226 g/mol. The third-order valence-corrected chi connectivity index (χ3v) is 3.74. The zero-order chi connectivity index (χ0) is 13.0. The molecule has 0 amide bonds.